The molecule has 0 saturated heterocycles. The summed E-state index contributed by atoms with van der Waals surface area (Å²) in [5.41, 5.74) is 1.84. The van der Waals surface area contributed by atoms with E-state index in [4.69, 9.17) is 4.74 Å². The van der Waals surface area contributed by atoms with Crippen molar-refractivity contribution in [2.45, 2.75) is 38.2 Å². The zero-order valence-corrected chi connectivity index (χ0v) is 12.0. The summed E-state index contributed by atoms with van der Waals surface area (Å²) in [7, 11) is 0. The molecule has 1 aliphatic carbocycles. The predicted molar refractivity (Wildman–Crippen MR) is 83.7 cm³/mol. The summed E-state index contributed by atoms with van der Waals surface area (Å²) < 4.78 is 5.48. The Morgan fingerprint density at radius 2 is 1.95 bits per heavy atom. The minimum Gasteiger partial charge on any atom is -0.459 e. The van der Waals surface area contributed by atoms with Crippen molar-refractivity contribution < 1.29 is 9.53 Å². The molecular formula is C18H19NO2. The van der Waals surface area contributed by atoms with Crippen LogP contribution in [0.25, 0.3) is 17.0 Å². The van der Waals surface area contributed by atoms with Gasteiger partial charge in [-0.05, 0) is 37.8 Å². The van der Waals surface area contributed by atoms with Crippen LogP contribution >= 0.6 is 0 Å². The summed E-state index contributed by atoms with van der Waals surface area (Å²) >= 11 is 0. The van der Waals surface area contributed by atoms with E-state index in [0.717, 1.165) is 42.1 Å². The Hall–Kier alpha value is -2.16. The van der Waals surface area contributed by atoms with E-state index >= 15 is 0 Å². The van der Waals surface area contributed by atoms with Crippen LogP contribution in [-0.4, -0.2) is 17.1 Å². The number of pyridine rings is 1. The highest BCUT2D eigenvalue weighted by Crippen LogP contribution is 2.21. The van der Waals surface area contributed by atoms with E-state index in [2.05, 4.69) is 4.98 Å². The fourth-order valence-corrected chi connectivity index (χ4v) is 2.81. The molecule has 1 fully saturated rings. The lowest BCUT2D eigenvalue weighted by Gasteiger charge is -2.20. The van der Waals surface area contributed by atoms with Crippen LogP contribution in [0.2, 0.25) is 0 Å². The first-order chi connectivity index (χ1) is 10.3. The van der Waals surface area contributed by atoms with Crippen LogP contribution in [-0.2, 0) is 9.53 Å². The van der Waals surface area contributed by atoms with Crippen molar-refractivity contribution in [1.29, 1.82) is 0 Å². The van der Waals surface area contributed by atoms with Crippen LogP contribution in [0.1, 0.15) is 37.7 Å². The number of carbonyl (C=O) groups is 1. The number of benzene rings is 1. The Bertz CT molecular complexity index is 652. The zero-order valence-electron chi connectivity index (χ0n) is 12.0. The largest absolute Gasteiger partial charge is 0.459 e. The smallest absolute Gasteiger partial charge is 0.331 e. The molecule has 0 atom stereocenters. The Kier molecular flexibility index (Phi) is 4.29. The summed E-state index contributed by atoms with van der Waals surface area (Å²) in [4.78, 5) is 16.3. The Morgan fingerprint density at radius 3 is 2.81 bits per heavy atom. The molecule has 1 heterocycles. The lowest BCUT2D eigenvalue weighted by molar-refractivity contribution is -0.144. The van der Waals surface area contributed by atoms with Gasteiger partial charge in [-0.1, -0.05) is 30.7 Å². The van der Waals surface area contributed by atoms with Crippen LogP contribution in [0.3, 0.4) is 0 Å². The van der Waals surface area contributed by atoms with Gasteiger partial charge in [0, 0.05) is 23.2 Å². The van der Waals surface area contributed by atoms with Crippen molar-refractivity contribution in [2.24, 2.45) is 0 Å². The molecule has 1 aromatic heterocycles. The molecule has 0 N–H and O–H groups in total. The second-order valence-electron chi connectivity index (χ2n) is 5.45. The number of aromatic nitrogens is 1. The lowest BCUT2D eigenvalue weighted by atomic mass is 9.98. The molecular weight excluding hydrogens is 262 g/mol. The van der Waals surface area contributed by atoms with E-state index in [1.54, 1.807) is 12.3 Å². The average molecular weight is 281 g/mol. The van der Waals surface area contributed by atoms with Crippen molar-refractivity contribution in [2.75, 3.05) is 0 Å². The van der Waals surface area contributed by atoms with Crippen molar-refractivity contribution in [3.63, 3.8) is 0 Å². The lowest BCUT2D eigenvalue weighted by Crippen LogP contribution is -2.19. The first-order valence-corrected chi connectivity index (χ1v) is 7.55. The molecule has 0 aliphatic heterocycles. The highest BCUT2D eigenvalue weighted by atomic mass is 16.5. The number of hydrogen-bond acceptors (Lipinski definition) is 3. The SMILES string of the molecule is O=C(/C=C/c1cccc2cccnc12)OC1CCCCC1. The number of carbonyl (C=O) groups excluding carboxylic acids is 1. The first kappa shape index (κ1) is 13.8. The summed E-state index contributed by atoms with van der Waals surface area (Å²) in [5.74, 6) is -0.255. The molecule has 0 spiro atoms. The molecule has 3 heteroatoms. The van der Waals surface area contributed by atoms with Crippen LogP contribution in [0, 0.1) is 0 Å². The molecule has 3 nitrogen and oxygen atoms in total. The van der Waals surface area contributed by atoms with Gasteiger partial charge in [0.2, 0.25) is 0 Å². The van der Waals surface area contributed by atoms with Gasteiger partial charge in [0.15, 0.2) is 0 Å². The third kappa shape index (κ3) is 3.48. The molecule has 0 radical (unpaired) electrons. The maximum atomic E-state index is 11.9. The van der Waals surface area contributed by atoms with Crippen LogP contribution in [0.4, 0.5) is 0 Å². The fourth-order valence-electron chi connectivity index (χ4n) is 2.81. The number of ether oxygens (including phenoxy) is 1. The van der Waals surface area contributed by atoms with Crippen LogP contribution in [0.5, 0.6) is 0 Å². The van der Waals surface area contributed by atoms with Gasteiger partial charge in [-0.3, -0.25) is 4.98 Å². The topological polar surface area (TPSA) is 39.2 Å². The van der Waals surface area contributed by atoms with Gasteiger partial charge in [-0.2, -0.15) is 0 Å². The van der Waals surface area contributed by atoms with Crippen molar-refractivity contribution in [3.8, 4) is 0 Å². The van der Waals surface area contributed by atoms with E-state index in [-0.39, 0.29) is 12.1 Å². The first-order valence-electron chi connectivity index (χ1n) is 7.55. The van der Waals surface area contributed by atoms with Crippen LogP contribution < -0.4 is 0 Å². The van der Waals surface area contributed by atoms with Crippen molar-refractivity contribution in [3.05, 3.63) is 48.2 Å². The maximum Gasteiger partial charge on any atom is 0.331 e. The fraction of sp³-hybridized carbons (Fsp3) is 0.333. The number of rotatable bonds is 3. The van der Waals surface area contributed by atoms with Gasteiger partial charge in [0.05, 0.1) is 5.52 Å². The van der Waals surface area contributed by atoms with Crippen molar-refractivity contribution >= 4 is 22.9 Å². The van der Waals surface area contributed by atoms with E-state index in [1.165, 1.54) is 12.5 Å². The predicted octanol–water partition coefficient (Wildman–Crippen LogP) is 4.12. The van der Waals surface area contributed by atoms with E-state index in [9.17, 15) is 4.79 Å². The standard InChI is InChI=1S/C18H19NO2/c20-17(21-16-9-2-1-3-10-16)12-11-15-7-4-6-14-8-5-13-19-18(14)15/h4-8,11-13,16H,1-3,9-10H2/b12-11+. The Balaban J connectivity index is 1.70. The number of hydrogen-bond donors (Lipinski definition) is 0. The molecule has 1 aromatic carbocycles. The number of esters is 1. The third-order valence-corrected chi connectivity index (χ3v) is 3.90. The summed E-state index contributed by atoms with van der Waals surface area (Å²) in [6, 6.07) is 9.86. The highest BCUT2D eigenvalue weighted by molar-refractivity contribution is 5.92. The molecule has 0 bridgehead atoms. The molecule has 21 heavy (non-hydrogen) atoms. The van der Waals surface area contributed by atoms with E-state index in [0.29, 0.717) is 0 Å². The minimum absolute atomic E-state index is 0.0987. The van der Waals surface area contributed by atoms with Gasteiger partial charge in [0.1, 0.15) is 6.10 Å². The van der Waals surface area contributed by atoms with Gasteiger partial charge in [0.25, 0.3) is 0 Å². The Labute approximate surface area is 124 Å². The second-order valence-corrected chi connectivity index (χ2v) is 5.45. The van der Waals surface area contributed by atoms with E-state index in [1.807, 2.05) is 30.3 Å². The molecule has 1 aliphatic rings. The molecule has 1 saturated carbocycles. The van der Waals surface area contributed by atoms with E-state index < -0.39 is 0 Å². The molecule has 0 amide bonds. The highest BCUT2D eigenvalue weighted by Gasteiger charge is 2.16. The van der Waals surface area contributed by atoms with Gasteiger partial charge in [-0.15, -0.1) is 0 Å². The zero-order chi connectivity index (χ0) is 14.5. The summed E-state index contributed by atoms with van der Waals surface area (Å²) in [5, 5.41) is 1.07. The number of nitrogens with zero attached hydrogens (tertiary/aromatic N) is 1. The summed E-state index contributed by atoms with van der Waals surface area (Å²) in [6.45, 7) is 0. The maximum absolute atomic E-state index is 11.9. The molecule has 0 unspecified atom stereocenters. The summed E-state index contributed by atoms with van der Waals surface area (Å²) in [6.07, 6.45) is 10.7. The minimum atomic E-state index is -0.255. The number of para-hydroxylation sites is 1. The molecule has 108 valence electrons. The third-order valence-electron chi connectivity index (χ3n) is 3.90. The van der Waals surface area contributed by atoms with Gasteiger partial charge >= 0.3 is 5.97 Å². The van der Waals surface area contributed by atoms with Crippen molar-refractivity contribution in [1.82, 2.24) is 4.98 Å². The quantitative estimate of drug-likeness (QED) is 0.627. The number of fused-ring (bicyclic) bond motifs is 1. The molecule has 3 rings (SSSR count). The average Bonchev–Trinajstić information content (AvgIpc) is 2.54. The van der Waals surface area contributed by atoms with Crippen LogP contribution in [0.15, 0.2) is 42.6 Å². The normalized spacial score (nSPS) is 16.4. The Morgan fingerprint density at radius 1 is 1.14 bits per heavy atom. The second kappa shape index (κ2) is 6.53. The molecule has 2 aromatic rings. The monoisotopic (exact) mass is 281 g/mol. The van der Waals surface area contributed by atoms with Gasteiger partial charge < -0.3 is 4.74 Å². The van der Waals surface area contributed by atoms with Gasteiger partial charge in [-0.25, -0.2) is 4.79 Å².